The molecule has 0 saturated carbocycles. The van der Waals surface area contributed by atoms with E-state index in [2.05, 4.69) is 47.6 Å². The maximum absolute atomic E-state index is 12.1. The highest BCUT2D eigenvalue weighted by Crippen LogP contribution is 2.45. The van der Waals surface area contributed by atoms with E-state index in [9.17, 15) is 4.79 Å². The van der Waals surface area contributed by atoms with Gasteiger partial charge < -0.3 is 5.32 Å². The number of benzene rings is 1. The zero-order chi connectivity index (χ0) is 15.1. The molecular formula is C16H19N3OS. The molecule has 3 rings (SSSR count). The van der Waals surface area contributed by atoms with Crippen LogP contribution in [0.1, 0.15) is 40.1 Å². The molecule has 0 spiro atoms. The summed E-state index contributed by atoms with van der Waals surface area (Å²) in [5.41, 5.74) is 5.83. The van der Waals surface area contributed by atoms with E-state index in [4.69, 9.17) is 0 Å². The summed E-state index contributed by atoms with van der Waals surface area (Å²) < 4.78 is 0. The Kier molecular flexibility index (Phi) is 3.53. The van der Waals surface area contributed by atoms with Gasteiger partial charge in [-0.15, -0.1) is 11.8 Å². The molecule has 0 unspecified atom stereocenters. The van der Waals surface area contributed by atoms with E-state index in [1.165, 1.54) is 16.7 Å². The van der Waals surface area contributed by atoms with Crippen LogP contribution in [0.3, 0.4) is 0 Å². The summed E-state index contributed by atoms with van der Waals surface area (Å²) >= 11 is 1.68. The van der Waals surface area contributed by atoms with E-state index in [1.807, 2.05) is 13.8 Å². The molecule has 0 saturated heterocycles. The number of aromatic amines is 1. The normalized spacial score (nSPS) is 21.6. The van der Waals surface area contributed by atoms with Crippen molar-refractivity contribution < 1.29 is 4.79 Å². The quantitative estimate of drug-likeness (QED) is 0.847. The first-order chi connectivity index (χ1) is 9.97. The van der Waals surface area contributed by atoms with Crippen molar-refractivity contribution in [2.75, 3.05) is 5.32 Å². The van der Waals surface area contributed by atoms with Gasteiger partial charge in [-0.25, -0.2) is 0 Å². The van der Waals surface area contributed by atoms with Gasteiger partial charge in [-0.2, -0.15) is 5.10 Å². The average molecular weight is 301 g/mol. The number of nitrogens with zero attached hydrogens (tertiary/aromatic N) is 1. The molecule has 0 fully saturated rings. The molecule has 1 aliphatic rings. The van der Waals surface area contributed by atoms with E-state index < -0.39 is 0 Å². The van der Waals surface area contributed by atoms with Gasteiger partial charge in [0.05, 0.1) is 10.5 Å². The Morgan fingerprint density at radius 3 is 2.76 bits per heavy atom. The first kappa shape index (κ1) is 14.2. The third-order valence-electron chi connectivity index (χ3n) is 3.92. The number of H-pyrrole nitrogens is 1. The van der Waals surface area contributed by atoms with Gasteiger partial charge in [-0.3, -0.25) is 9.89 Å². The summed E-state index contributed by atoms with van der Waals surface area (Å²) in [7, 11) is 0. The Morgan fingerprint density at radius 2 is 2.00 bits per heavy atom. The van der Waals surface area contributed by atoms with Crippen LogP contribution < -0.4 is 5.32 Å². The maximum Gasteiger partial charge on any atom is 0.238 e. The third kappa shape index (κ3) is 2.46. The highest BCUT2D eigenvalue weighted by molar-refractivity contribution is 8.01. The van der Waals surface area contributed by atoms with Crippen LogP contribution in [0.2, 0.25) is 0 Å². The molecular weight excluding hydrogens is 282 g/mol. The third-order valence-corrected chi connectivity index (χ3v) is 5.31. The first-order valence-electron chi connectivity index (χ1n) is 7.05. The molecule has 110 valence electrons. The van der Waals surface area contributed by atoms with Crippen molar-refractivity contribution in [2.24, 2.45) is 0 Å². The molecule has 2 N–H and O–H groups in total. The number of nitrogens with one attached hydrogen (secondary N) is 2. The number of aromatic nitrogens is 2. The predicted molar refractivity (Wildman–Crippen MR) is 86.8 cm³/mol. The molecule has 2 heterocycles. The number of rotatable bonds is 1. The zero-order valence-electron chi connectivity index (χ0n) is 12.7. The van der Waals surface area contributed by atoms with Crippen LogP contribution in [0.15, 0.2) is 18.2 Å². The molecule has 1 aromatic heterocycles. The number of thioether (sulfide) groups is 1. The fraction of sp³-hybridized carbons (Fsp3) is 0.375. The molecule has 0 bridgehead atoms. The van der Waals surface area contributed by atoms with Gasteiger partial charge in [-0.1, -0.05) is 23.8 Å². The standard InChI is InChI=1S/C16H19N3OS/c1-8-5-6-9(2)12(7-8)14-13-10(3)18-19-15(13)17-16(20)11(4)21-14/h5-7,11,14H,1-4H3,(H2,17,18,19,20)/t11-,14-/m1/s1. The summed E-state index contributed by atoms with van der Waals surface area (Å²) in [5, 5.41) is 10.2. The van der Waals surface area contributed by atoms with E-state index in [-0.39, 0.29) is 16.4 Å². The lowest BCUT2D eigenvalue weighted by Crippen LogP contribution is -2.21. The van der Waals surface area contributed by atoms with Gasteiger partial charge in [0.15, 0.2) is 5.82 Å². The Hall–Kier alpha value is -1.75. The monoisotopic (exact) mass is 301 g/mol. The molecule has 1 amide bonds. The van der Waals surface area contributed by atoms with Crippen LogP contribution in [0.4, 0.5) is 5.82 Å². The van der Waals surface area contributed by atoms with E-state index >= 15 is 0 Å². The SMILES string of the molecule is Cc1ccc(C)c([C@H]2S[C@H](C)C(=O)Nc3n[nH]c(C)c32)c1. The molecule has 2 aromatic rings. The van der Waals surface area contributed by atoms with E-state index in [1.54, 1.807) is 11.8 Å². The second-order valence-corrected chi connectivity index (χ2v) is 7.07. The summed E-state index contributed by atoms with van der Waals surface area (Å²) in [6.45, 7) is 8.17. The van der Waals surface area contributed by atoms with Gasteiger partial charge in [0.2, 0.25) is 5.91 Å². The number of hydrogen-bond donors (Lipinski definition) is 2. The minimum absolute atomic E-state index is 0.0144. The second kappa shape index (κ2) is 5.22. The lowest BCUT2D eigenvalue weighted by atomic mass is 9.98. The average Bonchev–Trinajstić information content (AvgIpc) is 2.73. The summed E-state index contributed by atoms with van der Waals surface area (Å²) in [6, 6.07) is 6.48. The number of carbonyl (C=O) groups excluding carboxylic acids is 1. The number of aryl methyl sites for hydroxylation is 3. The largest absolute Gasteiger partial charge is 0.308 e. The fourth-order valence-corrected chi connectivity index (χ4v) is 4.09. The summed E-state index contributed by atoms with van der Waals surface area (Å²) in [5.74, 6) is 0.681. The molecule has 4 nitrogen and oxygen atoms in total. The van der Waals surface area contributed by atoms with Gasteiger partial charge in [0.1, 0.15) is 0 Å². The lowest BCUT2D eigenvalue weighted by molar-refractivity contribution is -0.115. The molecule has 0 radical (unpaired) electrons. The lowest BCUT2D eigenvalue weighted by Gasteiger charge is -2.20. The fourth-order valence-electron chi connectivity index (χ4n) is 2.68. The number of carbonyl (C=O) groups is 1. The van der Waals surface area contributed by atoms with Crippen molar-refractivity contribution in [1.29, 1.82) is 0 Å². The van der Waals surface area contributed by atoms with Crippen molar-refractivity contribution in [1.82, 2.24) is 10.2 Å². The Labute approximate surface area is 128 Å². The highest BCUT2D eigenvalue weighted by atomic mass is 32.2. The Balaban J connectivity index is 2.18. The van der Waals surface area contributed by atoms with E-state index in [0.29, 0.717) is 5.82 Å². The van der Waals surface area contributed by atoms with Gasteiger partial charge in [-0.05, 0) is 38.8 Å². The molecule has 21 heavy (non-hydrogen) atoms. The van der Waals surface area contributed by atoms with Gasteiger partial charge in [0.25, 0.3) is 0 Å². The van der Waals surface area contributed by atoms with Crippen LogP contribution in [0.25, 0.3) is 0 Å². The number of anilines is 1. The molecule has 1 aliphatic heterocycles. The molecule has 2 atom stereocenters. The van der Waals surface area contributed by atoms with Crippen molar-refractivity contribution in [3.8, 4) is 0 Å². The first-order valence-corrected chi connectivity index (χ1v) is 8.00. The second-order valence-electron chi connectivity index (χ2n) is 5.62. The summed E-state index contributed by atoms with van der Waals surface area (Å²) in [6.07, 6.45) is 0. The van der Waals surface area contributed by atoms with Crippen LogP contribution in [-0.2, 0) is 4.79 Å². The van der Waals surface area contributed by atoms with Crippen molar-refractivity contribution in [3.05, 3.63) is 46.1 Å². The van der Waals surface area contributed by atoms with Crippen molar-refractivity contribution in [2.45, 2.75) is 38.2 Å². The summed E-state index contributed by atoms with van der Waals surface area (Å²) in [4.78, 5) is 12.1. The number of hydrogen-bond acceptors (Lipinski definition) is 3. The van der Waals surface area contributed by atoms with Crippen LogP contribution in [0, 0.1) is 20.8 Å². The predicted octanol–water partition coefficient (Wildman–Crippen LogP) is 3.50. The van der Waals surface area contributed by atoms with Crippen LogP contribution in [-0.4, -0.2) is 21.4 Å². The minimum Gasteiger partial charge on any atom is -0.308 e. The number of fused-ring (bicyclic) bond motifs is 1. The smallest absolute Gasteiger partial charge is 0.238 e. The van der Waals surface area contributed by atoms with Gasteiger partial charge in [0, 0.05) is 11.3 Å². The van der Waals surface area contributed by atoms with Crippen LogP contribution in [0.5, 0.6) is 0 Å². The Bertz CT molecular complexity index is 708. The van der Waals surface area contributed by atoms with Crippen LogP contribution >= 0.6 is 11.8 Å². The highest BCUT2D eigenvalue weighted by Gasteiger charge is 2.32. The Morgan fingerprint density at radius 1 is 1.24 bits per heavy atom. The van der Waals surface area contributed by atoms with Crippen molar-refractivity contribution >= 4 is 23.5 Å². The minimum atomic E-state index is -0.108. The molecule has 1 aromatic carbocycles. The number of amides is 1. The molecule has 0 aliphatic carbocycles. The van der Waals surface area contributed by atoms with E-state index in [0.717, 1.165) is 11.3 Å². The zero-order valence-corrected chi connectivity index (χ0v) is 13.5. The topological polar surface area (TPSA) is 57.8 Å². The van der Waals surface area contributed by atoms with Gasteiger partial charge >= 0.3 is 0 Å². The van der Waals surface area contributed by atoms with Crippen molar-refractivity contribution in [3.63, 3.8) is 0 Å². The maximum atomic E-state index is 12.1. The molecule has 5 heteroatoms.